The largest absolute Gasteiger partial charge is 0.508 e. The third-order valence-corrected chi connectivity index (χ3v) is 3.11. The molecule has 5 nitrogen and oxygen atoms in total. The molecule has 0 atom stereocenters. The van der Waals surface area contributed by atoms with Crippen molar-refractivity contribution < 1.29 is 14.9 Å². The first-order valence-electron chi connectivity index (χ1n) is 6.12. The summed E-state index contributed by atoms with van der Waals surface area (Å²) >= 11 is 5.91. The fourth-order valence-corrected chi connectivity index (χ4v) is 2.11. The van der Waals surface area contributed by atoms with Crippen LogP contribution in [0.25, 0.3) is 11.3 Å². The lowest BCUT2D eigenvalue weighted by Crippen LogP contribution is -1.87. The zero-order chi connectivity index (χ0) is 14.8. The van der Waals surface area contributed by atoms with Gasteiger partial charge in [0.05, 0.1) is 6.20 Å². The van der Waals surface area contributed by atoms with Gasteiger partial charge in [0.2, 0.25) is 0 Å². The number of phenolic OH excluding ortho intramolecular Hbond substituents is 2. The van der Waals surface area contributed by atoms with Crippen molar-refractivity contribution in [3.63, 3.8) is 0 Å². The molecule has 1 heterocycles. The summed E-state index contributed by atoms with van der Waals surface area (Å²) in [7, 11) is 0. The monoisotopic (exact) mass is 302 g/mol. The standard InChI is InChI=1S/C15H11ClN2O3/c16-9-2-1-3-11(6-9)21-14-8-17-18-15(14)12-5-4-10(19)7-13(12)20/h1-8,19-20H,(H,17,18). The van der Waals surface area contributed by atoms with Gasteiger partial charge in [-0.3, -0.25) is 5.10 Å². The van der Waals surface area contributed by atoms with E-state index in [4.69, 9.17) is 16.3 Å². The number of H-pyrrole nitrogens is 1. The normalized spacial score (nSPS) is 10.5. The highest BCUT2D eigenvalue weighted by Crippen LogP contribution is 2.37. The molecule has 0 saturated heterocycles. The second kappa shape index (κ2) is 5.38. The van der Waals surface area contributed by atoms with E-state index in [9.17, 15) is 10.2 Å². The Morgan fingerprint density at radius 1 is 1.10 bits per heavy atom. The van der Waals surface area contributed by atoms with Gasteiger partial charge in [-0.05, 0) is 30.3 Å². The third-order valence-electron chi connectivity index (χ3n) is 2.88. The fourth-order valence-electron chi connectivity index (χ4n) is 1.93. The predicted molar refractivity (Wildman–Crippen MR) is 78.9 cm³/mol. The average molecular weight is 303 g/mol. The maximum atomic E-state index is 9.91. The summed E-state index contributed by atoms with van der Waals surface area (Å²) in [5.74, 6) is 0.907. The molecule has 6 heteroatoms. The Kier molecular flexibility index (Phi) is 3.41. The van der Waals surface area contributed by atoms with Crippen LogP contribution in [0.4, 0.5) is 0 Å². The van der Waals surface area contributed by atoms with Crippen LogP contribution in [0.3, 0.4) is 0 Å². The number of halogens is 1. The smallest absolute Gasteiger partial charge is 0.173 e. The zero-order valence-corrected chi connectivity index (χ0v) is 11.5. The molecular formula is C15H11ClN2O3. The molecule has 0 unspecified atom stereocenters. The van der Waals surface area contributed by atoms with E-state index >= 15 is 0 Å². The van der Waals surface area contributed by atoms with E-state index in [2.05, 4.69) is 10.2 Å². The van der Waals surface area contributed by atoms with E-state index in [0.29, 0.717) is 27.8 Å². The molecule has 0 bridgehead atoms. The topological polar surface area (TPSA) is 78.4 Å². The first-order chi connectivity index (χ1) is 10.1. The molecule has 0 aliphatic heterocycles. The van der Waals surface area contributed by atoms with Gasteiger partial charge in [0.15, 0.2) is 5.75 Å². The lowest BCUT2D eigenvalue weighted by atomic mass is 10.1. The van der Waals surface area contributed by atoms with E-state index < -0.39 is 0 Å². The quantitative estimate of drug-likeness (QED) is 0.685. The van der Waals surface area contributed by atoms with Gasteiger partial charge in [-0.2, -0.15) is 5.10 Å². The van der Waals surface area contributed by atoms with Crippen molar-refractivity contribution in [2.75, 3.05) is 0 Å². The van der Waals surface area contributed by atoms with Gasteiger partial charge in [-0.25, -0.2) is 0 Å². The Balaban J connectivity index is 1.97. The maximum absolute atomic E-state index is 9.91. The Hall–Kier alpha value is -2.66. The van der Waals surface area contributed by atoms with Crippen molar-refractivity contribution in [3.8, 4) is 34.3 Å². The van der Waals surface area contributed by atoms with E-state index in [1.807, 2.05) is 0 Å². The van der Waals surface area contributed by atoms with Crippen LogP contribution in [0.15, 0.2) is 48.7 Å². The highest BCUT2D eigenvalue weighted by molar-refractivity contribution is 6.30. The van der Waals surface area contributed by atoms with Gasteiger partial charge in [-0.1, -0.05) is 17.7 Å². The highest BCUT2D eigenvalue weighted by Gasteiger charge is 2.14. The van der Waals surface area contributed by atoms with Gasteiger partial charge >= 0.3 is 0 Å². The molecule has 0 saturated carbocycles. The van der Waals surface area contributed by atoms with Gasteiger partial charge < -0.3 is 14.9 Å². The molecule has 1 aromatic heterocycles. The Bertz CT molecular complexity index is 786. The second-order valence-electron chi connectivity index (χ2n) is 4.37. The van der Waals surface area contributed by atoms with Crippen LogP contribution in [-0.2, 0) is 0 Å². The summed E-state index contributed by atoms with van der Waals surface area (Å²) in [6, 6.07) is 11.3. The molecule has 0 amide bonds. The van der Waals surface area contributed by atoms with Crippen molar-refractivity contribution in [1.82, 2.24) is 10.2 Å². The van der Waals surface area contributed by atoms with Crippen LogP contribution >= 0.6 is 11.6 Å². The summed E-state index contributed by atoms with van der Waals surface area (Å²) in [6.45, 7) is 0. The average Bonchev–Trinajstić information content (AvgIpc) is 2.87. The molecule has 0 radical (unpaired) electrons. The van der Waals surface area contributed by atoms with Crippen LogP contribution in [0, 0.1) is 0 Å². The van der Waals surface area contributed by atoms with Crippen LogP contribution in [0.5, 0.6) is 23.0 Å². The van der Waals surface area contributed by atoms with E-state index in [1.54, 1.807) is 30.3 Å². The molecule has 21 heavy (non-hydrogen) atoms. The summed E-state index contributed by atoms with van der Waals surface area (Å²) < 4.78 is 5.72. The van der Waals surface area contributed by atoms with Crippen molar-refractivity contribution >= 4 is 11.6 Å². The number of aromatic amines is 1. The molecule has 3 aromatic rings. The number of benzene rings is 2. The van der Waals surface area contributed by atoms with E-state index in [1.165, 1.54) is 18.3 Å². The number of nitrogens with one attached hydrogen (secondary N) is 1. The number of hydrogen-bond acceptors (Lipinski definition) is 4. The molecule has 0 aliphatic carbocycles. The summed E-state index contributed by atoms with van der Waals surface area (Å²) in [4.78, 5) is 0. The Morgan fingerprint density at radius 2 is 1.95 bits per heavy atom. The van der Waals surface area contributed by atoms with Gasteiger partial charge in [-0.15, -0.1) is 0 Å². The van der Waals surface area contributed by atoms with Gasteiger partial charge in [0.25, 0.3) is 0 Å². The van der Waals surface area contributed by atoms with Crippen LogP contribution < -0.4 is 4.74 Å². The minimum Gasteiger partial charge on any atom is -0.508 e. The third kappa shape index (κ3) is 2.78. The summed E-state index contributed by atoms with van der Waals surface area (Å²) in [6.07, 6.45) is 1.50. The molecule has 3 rings (SSSR count). The number of aromatic hydroxyl groups is 2. The number of nitrogens with zero attached hydrogens (tertiary/aromatic N) is 1. The van der Waals surface area contributed by atoms with Crippen molar-refractivity contribution in [2.45, 2.75) is 0 Å². The maximum Gasteiger partial charge on any atom is 0.173 e. The molecule has 106 valence electrons. The van der Waals surface area contributed by atoms with Crippen LogP contribution in [-0.4, -0.2) is 20.4 Å². The van der Waals surface area contributed by atoms with Crippen molar-refractivity contribution in [2.24, 2.45) is 0 Å². The number of ether oxygens (including phenoxy) is 1. The highest BCUT2D eigenvalue weighted by atomic mass is 35.5. The SMILES string of the molecule is Oc1ccc(-c2[nH]ncc2Oc2cccc(Cl)c2)c(O)c1. The fraction of sp³-hybridized carbons (Fsp3) is 0. The van der Waals surface area contributed by atoms with Crippen molar-refractivity contribution in [3.05, 3.63) is 53.7 Å². The number of aromatic nitrogens is 2. The minimum atomic E-state index is -0.0739. The molecule has 2 aromatic carbocycles. The molecule has 0 spiro atoms. The van der Waals surface area contributed by atoms with Crippen molar-refractivity contribution in [1.29, 1.82) is 0 Å². The first kappa shape index (κ1) is 13.3. The van der Waals surface area contributed by atoms with E-state index in [0.717, 1.165) is 0 Å². The Morgan fingerprint density at radius 3 is 2.71 bits per heavy atom. The number of hydrogen-bond donors (Lipinski definition) is 3. The molecule has 0 fully saturated rings. The first-order valence-corrected chi connectivity index (χ1v) is 6.50. The van der Waals surface area contributed by atoms with Gasteiger partial charge in [0, 0.05) is 16.7 Å². The lowest BCUT2D eigenvalue weighted by molar-refractivity contribution is 0.450. The number of phenols is 2. The minimum absolute atomic E-state index is 0.0203. The zero-order valence-electron chi connectivity index (χ0n) is 10.7. The number of rotatable bonds is 3. The summed E-state index contributed by atoms with van der Waals surface area (Å²) in [5, 5.41) is 26.5. The second-order valence-corrected chi connectivity index (χ2v) is 4.81. The van der Waals surface area contributed by atoms with E-state index in [-0.39, 0.29) is 11.5 Å². The lowest BCUT2D eigenvalue weighted by Gasteiger charge is -2.08. The van der Waals surface area contributed by atoms with Crippen LogP contribution in [0.1, 0.15) is 0 Å². The van der Waals surface area contributed by atoms with Crippen LogP contribution in [0.2, 0.25) is 5.02 Å². The van der Waals surface area contributed by atoms with Gasteiger partial charge in [0.1, 0.15) is 22.9 Å². The Labute approximate surface area is 125 Å². The molecule has 3 N–H and O–H groups in total. The predicted octanol–water partition coefficient (Wildman–Crippen LogP) is 3.93. The molecule has 0 aliphatic rings. The summed E-state index contributed by atoms with van der Waals surface area (Å²) in [5.41, 5.74) is 0.981. The molecular weight excluding hydrogens is 292 g/mol.